The molecule has 4 heteroatoms. The molecule has 0 bridgehead atoms. The van der Waals surface area contributed by atoms with E-state index in [1.807, 2.05) is 30.3 Å². The normalized spacial score (nSPS) is 15.0. The monoisotopic (exact) mass is 495 g/mol. The van der Waals surface area contributed by atoms with Crippen LogP contribution >= 0.6 is 0 Å². The molecule has 0 aliphatic heterocycles. The van der Waals surface area contributed by atoms with Gasteiger partial charge in [-0.05, 0) is 25.0 Å². The number of nitrogens with zero attached hydrogens (tertiary/aromatic N) is 3. The molecule has 1 heterocycles. The first-order chi connectivity index (χ1) is 11.4. The summed E-state index contributed by atoms with van der Waals surface area (Å²) in [7, 11) is 0. The molecular weight excluding hydrogens is 474 g/mol. The smallest absolute Gasteiger partial charge is 0.131 e. The van der Waals surface area contributed by atoms with Gasteiger partial charge < -0.3 is 4.57 Å². The Labute approximate surface area is 156 Å². The van der Waals surface area contributed by atoms with Crippen LogP contribution in [0.3, 0.4) is 0 Å². The minimum atomic E-state index is 0. The molecule has 0 N–H and O–H groups in total. The minimum absolute atomic E-state index is 0. The Morgan fingerprint density at radius 3 is 2.33 bits per heavy atom. The standard InChI is InChI=1S/C20H20N3.Ir/c1-4-10-16(11-5-1)19-21-22-20(17-12-6-2-7-13-17)23(19)18-14-8-3-9-15-18;/h1,3-5,8-10,14-15,17H,2,6-7,12-13H2;/q-1;. The van der Waals surface area contributed by atoms with Crippen molar-refractivity contribution in [1.82, 2.24) is 14.8 Å². The van der Waals surface area contributed by atoms with E-state index in [1.165, 1.54) is 32.1 Å². The average Bonchev–Trinajstić information content (AvgIpc) is 3.09. The van der Waals surface area contributed by atoms with Gasteiger partial charge in [0.25, 0.3) is 0 Å². The van der Waals surface area contributed by atoms with E-state index >= 15 is 0 Å². The molecule has 24 heavy (non-hydrogen) atoms. The van der Waals surface area contributed by atoms with Crippen molar-refractivity contribution in [3.8, 4) is 17.1 Å². The van der Waals surface area contributed by atoms with Crippen LogP contribution in [-0.4, -0.2) is 14.8 Å². The van der Waals surface area contributed by atoms with Crippen LogP contribution in [0.4, 0.5) is 0 Å². The van der Waals surface area contributed by atoms with Crippen LogP contribution in [0.2, 0.25) is 0 Å². The van der Waals surface area contributed by atoms with Gasteiger partial charge in [-0.2, -0.15) is 5.10 Å². The summed E-state index contributed by atoms with van der Waals surface area (Å²) in [6, 6.07) is 21.7. The summed E-state index contributed by atoms with van der Waals surface area (Å²) >= 11 is 0. The third-order valence-corrected chi connectivity index (χ3v) is 4.62. The van der Waals surface area contributed by atoms with Crippen LogP contribution in [0.1, 0.15) is 43.8 Å². The first-order valence-corrected chi connectivity index (χ1v) is 8.41. The van der Waals surface area contributed by atoms with Gasteiger partial charge in [0, 0.05) is 31.7 Å². The van der Waals surface area contributed by atoms with Gasteiger partial charge >= 0.3 is 0 Å². The molecule has 1 fully saturated rings. The topological polar surface area (TPSA) is 30.7 Å². The molecule has 125 valence electrons. The molecule has 0 spiro atoms. The SMILES string of the molecule is [Ir].[c-]1ccccc1-c1nnc(C2CCCCC2)n1-c1ccccc1. The molecule has 3 nitrogen and oxygen atoms in total. The van der Waals surface area contributed by atoms with E-state index in [0.717, 1.165) is 22.9 Å². The Morgan fingerprint density at radius 2 is 1.62 bits per heavy atom. The Hall–Kier alpha value is -1.77. The van der Waals surface area contributed by atoms with E-state index in [2.05, 4.69) is 45.1 Å². The fourth-order valence-corrected chi connectivity index (χ4v) is 3.46. The second-order valence-corrected chi connectivity index (χ2v) is 6.16. The third kappa shape index (κ3) is 3.35. The number of aromatic nitrogens is 3. The summed E-state index contributed by atoms with van der Waals surface area (Å²) in [5.41, 5.74) is 2.12. The Kier molecular flexibility index (Phi) is 5.59. The summed E-state index contributed by atoms with van der Waals surface area (Å²) in [5, 5.41) is 9.11. The van der Waals surface area contributed by atoms with Gasteiger partial charge in [0.05, 0.1) is 5.82 Å². The van der Waals surface area contributed by atoms with Crippen molar-refractivity contribution in [3.63, 3.8) is 0 Å². The van der Waals surface area contributed by atoms with Crippen molar-refractivity contribution in [2.75, 3.05) is 0 Å². The zero-order valence-corrected chi connectivity index (χ0v) is 15.9. The fraction of sp³-hybridized carbons (Fsp3) is 0.300. The van der Waals surface area contributed by atoms with E-state index in [4.69, 9.17) is 0 Å². The molecule has 4 rings (SSSR count). The van der Waals surface area contributed by atoms with Crippen LogP contribution in [0.15, 0.2) is 54.6 Å². The van der Waals surface area contributed by atoms with Gasteiger partial charge in [0.1, 0.15) is 5.82 Å². The molecule has 1 aromatic heterocycles. The molecule has 0 atom stereocenters. The van der Waals surface area contributed by atoms with Crippen LogP contribution < -0.4 is 0 Å². The molecule has 1 aliphatic carbocycles. The van der Waals surface area contributed by atoms with Gasteiger partial charge in [-0.15, -0.1) is 41.0 Å². The van der Waals surface area contributed by atoms with Gasteiger partial charge in [-0.3, -0.25) is 0 Å². The summed E-state index contributed by atoms with van der Waals surface area (Å²) in [6.07, 6.45) is 6.35. The average molecular weight is 495 g/mol. The molecule has 0 unspecified atom stereocenters. The molecule has 1 saturated carbocycles. The molecule has 0 amide bonds. The predicted molar refractivity (Wildman–Crippen MR) is 91.5 cm³/mol. The van der Waals surface area contributed by atoms with Gasteiger partial charge in [-0.1, -0.05) is 37.5 Å². The van der Waals surface area contributed by atoms with Crippen LogP contribution in [0.25, 0.3) is 17.1 Å². The summed E-state index contributed by atoms with van der Waals surface area (Å²) < 4.78 is 2.22. The third-order valence-electron chi connectivity index (χ3n) is 4.62. The van der Waals surface area contributed by atoms with Crippen molar-refractivity contribution >= 4 is 0 Å². The van der Waals surface area contributed by atoms with Crippen molar-refractivity contribution in [1.29, 1.82) is 0 Å². The van der Waals surface area contributed by atoms with Crippen LogP contribution in [0.5, 0.6) is 0 Å². The molecule has 2 aromatic carbocycles. The maximum absolute atomic E-state index is 4.59. The Bertz CT molecular complexity index is 762. The number of benzene rings is 2. The number of hydrogen-bond donors (Lipinski definition) is 0. The van der Waals surface area contributed by atoms with Crippen molar-refractivity contribution in [2.24, 2.45) is 0 Å². The second-order valence-electron chi connectivity index (χ2n) is 6.16. The second kappa shape index (κ2) is 7.87. The van der Waals surface area contributed by atoms with Crippen LogP contribution in [0, 0.1) is 6.07 Å². The summed E-state index contributed by atoms with van der Waals surface area (Å²) in [6.45, 7) is 0. The predicted octanol–water partition coefficient (Wildman–Crippen LogP) is 4.78. The van der Waals surface area contributed by atoms with Crippen molar-refractivity contribution in [2.45, 2.75) is 38.0 Å². The quantitative estimate of drug-likeness (QED) is 0.491. The van der Waals surface area contributed by atoms with E-state index in [1.54, 1.807) is 0 Å². The Balaban J connectivity index is 0.00000169. The Morgan fingerprint density at radius 1 is 0.875 bits per heavy atom. The zero-order chi connectivity index (χ0) is 15.5. The van der Waals surface area contributed by atoms with Gasteiger partial charge in [-0.25, -0.2) is 0 Å². The van der Waals surface area contributed by atoms with Crippen molar-refractivity contribution in [3.05, 3.63) is 66.5 Å². The largest absolute Gasteiger partial charge is 0.320 e. The molecule has 3 aromatic rings. The summed E-state index contributed by atoms with van der Waals surface area (Å²) in [4.78, 5) is 0. The minimum Gasteiger partial charge on any atom is -0.320 e. The molecule has 1 aliphatic rings. The fourth-order valence-electron chi connectivity index (χ4n) is 3.46. The van der Waals surface area contributed by atoms with E-state index in [-0.39, 0.29) is 20.1 Å². The maximum atomic E-state index is 4.59. The number of hydrogen-bond acceptors (Lipinski definition) is 2. The molecular formula is C20H20IrN3-. The number of para-hydroxylation sites is 1. The van der Waals surface area contributed by atoms with E-state index in [0.29, 0.717) is 5.92 Å². The van der Waals surface area contributed by atoms with Gasteiger partial charge in [0.15, 0.2) is 0 Å². The first kappa shape index (κ1) is 17.1. The van der Waals surface area contributed by atoms with Gasteiger partial charge in [0.2, 0.25) is 0 Å². The zero-order valence-electron chi connectivity index (χ0n) is 13.5. The van der Waals surface area contributed by atoms with E-state index < -0.39 is 0 Å². The van der Waals surface area contributed by atoms with E-state index in [9.17, 15) is 0 Å². The van der Waals surface area contributed by atoms with Crippen LogP contribution in [-0.2, 0) is 20.1 Å². The molecule has 0 saturated heterocycles. The first-order valence-electron chi connectivity index (χ1n) is 8.41. The number of rotatable bonds is 3. The molecule has 1 radical (unpaired) electrons. The van der Waals surface area contributed by atoms with Crippen molar-refractivity contribution < 1.29 is 20.1 Å². The maximum Gasteiger partial charge on any atom is 0.131 e. The summed E-state index contributed by atoms with van der Waals surface area (Å²) in [5.74, 6) is 2.49.